The zero-order valence-corrected chi connectivity index (χ0v) is 15.4. The van der Waals surface area contributed by atoms with Gasteiger partial charge in [-0.1, -0.05) is 24.3 Å². The second-order valence-corrected chi connectivity index (χ2v) is 7.38. The molecule has 0 bridgehead atoms. The van der Waals surface area contributed by atoms with E-state index in [1.807, 2.05) is 6.20 Å². The molecule has 1 aliphatic carbocycles. The Bertz CT molecular complexity index is 910. The summed E-state index contributed by atoms with van der Waals surface area (Å²) in [4.78, 5) is 9.20. The van der Waals surface area contributed by atoms with E-state index in [1.54, 1.807) is 0 Å². The van der Waals surface area contributed by atoms with Crippen LogP contribution in [0.5, 0.6) is 0 Å². The predicted molar refractivity (Wildman–Crippen MR) is 106 cm³/mol. The average molecular weight is 347 g/mol. The monoisotopic (exact) mass is 347 g/mol. The van der Waals surface area contributed by atoms with Crippen LogP contribution in [-0.2, 0) is 0 Å². The fourth-order valence-electron chi connectivity index (χ4n) is 3.93. The van der Waals surface area contributed by atoms with Crippen LogP contribution >= 0.6 is 0 Å². The van der Waals surface area contributed by atoms with Gasteiger partial charge in [0.15, 0.2) is 0 Å². The Hall–Kier alpha value is -2.46. The fraction of sp³-hybridized carbons (Fsp3) is 0.364. The first-order valence-corrected chi connectivity index (χ1v) is 9.38. The lowest BCUT2D eigenvalue weighted by Crippen LogP contribution is -2.28. The molecule has 4 nitrogen and oxygen atoms in total. The number of aromatic nitrogens is 2. The molecule has 0 spiro atoms. The van der Waals surface area contributed by atoms with Gasteiger partial charge in [-0.15, -0.1) is 0 Å². The third kappa shape index (κ3) is 3.42. The number of aliphatic hydroxyl groups is 1. The Kier molecular flexibility index (Phi) is 4.60. The zero-order chi connectivity index (χ0) is 18.1. The van der Waals surface area contributed by atoms with Gasteiger partial charge in [-0.25, -0.2) is 9.97 Å². The van der Waals surface area contributed by atoms with Crippen LogP contribution in [0, 0.1) is 13.8 Å². The molecule has 0 saturated heterocycles. The Morgan fingerprint density at radius 2 is 1.73 bits per heavy atom. The number of aliphatic hydroxyl groups excluding tert-OH is 1. The first-order chi connectivity index (χ1) is 12.6. The minimum Gasteiger partial charge on any atom is -0.393 e. The SMILES string of the molecule is Cc1cccc(C)c1-c1ccc2nc(N[C@H]3CC[C@H](O)CC3)ncc2c1. The van der Waals surface area contributed by atoms with Gasteiger partial charge in [0.05, 0.1) is 11.6 Å². The molecule has 4 heteroatoms. The van der Waals surface area contributed by atoms with Crippen LogP contribution in [0.1, 0.15) is 36.8 Å². The van der Waals surface area contributed by atoms with E-state index in [0.717, 1.165) is 36.6 Å². The number of hydrogen-bond donors (Lipinski definition) is 2. The van der Waals surface area contributed by atoms with Crippen LogP contribution in [0.15, 0.2) is 42.6 Å². The molecule has 1 heterocycles. The average Bonchev–Trinajstić information content (AvgIpc) is 2.63. The molecular weight excluding hydrogens is 322 g/mol. The van der Waals surface area contributed by atoms with Gasteiger partial charge in [-0.3, -0.25) is 0 Å². The van der Waals surface area contributed by atoms with Crippen molar-refractivity contribution in [3.63, 3.8) is 0 Å². The predicted octanol–water partition coefficient (Wildman–Crippen LogP) is 4.63. The summed E-state index contributed by atoms with van der Waals surface area (Å²) in [5, 5.41) is 14.1. The van der Waals surface area contributed by atoms with Gasteiger partial charge >= 0.3 is 0 Å². The summed E-state index contributed by atoms with van der Waals surface area (Å²) in [6.45, 7) is 4.30. The summed E-state index contributed by atoms with van der Waals surface area (Å²) in [7, 11) is 0. The van der Waals surface area contributed by atoms with Crippen molar-refractivity contribution < 1.29 is 5.11 Å². The number of anilines is 1. The highest BCUT2D eigenvalue weighted by Crippen LogP contribution is 2.29. The van der Waals surface area contributed by atoms with E-state index >= 15 is 0 Å². The topological polar surface area (TPSA) is 58.0 Å². The van der Waals surface area contributed by atoms with Gasteiger partial charge in [0.2, 0.25) is 5.95 Å². The highest BCUT2D eigenvalue weighted by molar-refractivity contribution is 5.85. The summed E-state index contributed by atoms with van der Waals surface area (Å²) in [5.41, 5.74) is 6.01. The van der Waals surface area contributed by atoms with E-state index in [0.29, 0.717) is 12.0 Å². The molecule has 4 rings (SSSR count). The first-order valence-electron chi connectivity index (χ1n) is 9.38. The molecular formula is C22H25N3O. The van der Waals surface area contributed by atoms with Crippen LogP contribution in [0.4, 0.5) is 5.95 Å². The number of nitrogens with zero attached hydrogens (tertiary/aromatic N) is 2. The smallest absolute Gasteiger partial charge is 0.223 e. The van der Waals surface area contributed by atoms with Gasteiger partial charge in [-0.05, 0) is 73.9 Å². The van der Waals surface area contributed by atoms with Crippen molar-refractivity contribution in [1.82, 2.24) is 9.97 Å². The summed E-state index contributed by atoms with van der Waals surface area (Å²) in [6.07, 6.45) is 5.39. The van der Waals surface area contributed by atoms with Gasteiger partial charge in [0.1, 0.15) is 0 Å². The van der Waals surface area contributed by atoms with Crippen molar-refractivity contribution >= 4 is 16.9 Å². The van der Waals surface area contributed by atoms with Crippen LogP contribution < -0.4 is 5.32 Å². The molecule has 0 radical (unpaired) electrons. The van der Waals surface area contributed by atoms with E-state index in [4.69, 9.17) is 0 Å². The molecule has 2 aromatic carbocycles. The maximum absolute atomic E-state index is 9.63. The fourth-order valence-corrected chi connectivity index (χ4v) is 3.93. The molecule has 0 aliphatic heterocycles. The normalized spacial score (nSPS) is 20.3. The van der Waals surface area contributed by atoms with Crippen LogP contribution in [0.2, 0.25) is 0 Å². The van der Waals surface area contributed by atoms with Crippen molar-refractivity contribution in [2.24, 2.45) is 0 Å². The highest BCUT2D eigenvalue weighted by Gasteiger charge is 2.19. The van der Waals surface area contributed by atoms with E-state index in [9.17, 15) is 5.11 Å². The van der Waals surface area contributed by atoms with E-state index < -0.39 is 0 Å². The summed E-state index contributed by atoms with van der Waals surface area (Å²) in [5.74, 6) is 0.679. The largest absolute Gasteiger partial charge is 0.393 e. The van der Waals surface area contributed by atoms with Crippen molar-refractivity contribution in [1.29, 1.82) is 0 Å². The molecule has 1 saturated carbocycles. The van der Waals surface area contributed by atoms with Crippen molar-refractivity contribution in [3.05, 3.63) is 53.7 Å². The highest BCUT2D eigenvalue weighted by atomic mass is 16.3. The molecule has 0 atom stereocenters. The standard InChI is InChI=1S/C22H25N3O/c1-14-4-3-5-15(2)21(14)16-6-11-20-17(12-16)13-23-22(25-20)24-18-7-9-19(26)10-8-18/h3-6,11-13,18-19,26H,7-10H2,1-2H3,(H,23,24,25)/t18-,19-. The first kappa shape index (κ1) is 17.0. The van der Waals surface area contributed by atoms with Gasteiger partial charge < -0.3 is 10.4 Å². The van der Waals surface area contributed by atoms with E-state index in [1.165, 1.54) is 22.3 Å². The van der Waals surface area contributed by atoms with Gasteiger partial charge in [-0.2, -0.15) is 0 Å². The third-order valence-corrected chi connectivity index (χ3v) is 5.38. The van der Waals surface area contributed by atoms with Crippen molar-refractivity contribution in [3.8, 4) is 11.1 Å². The molecule has 1 aliphatic rings. The minimum atomic E-state index is -0.145. The van der Waals surface area contributed by atoms with Crippen LogP contribution in [-0.4, -0.2) is 27.2 Å². The second-order valence-electron chi connectivity index (χ2n) is 7.38. The van der Waals surface area contributed by atoms with Gasteiger partial charge in [0, 0.05) is 17.6 Å². The Labute approximate surface area is 154 Å². The van der Waals surface area contributed by atoms with Gasteiger partial charge in [0.25, 0.3) is 0 Å². The summed E-state index contributed by atoms with van der Waals surface area (Å²) in [6, 6.07) is 13.1. The third-order valence-electron chi connectivity index (χ3n) is 5.38. The second kappa shape index (κ2) is 7.04. The molecule has 1 fully saturated rings. The minimum absolute atomic E-state index is 0.145. The lowest BCUT2D eigenvalue weighted by atomic mass is 9.93. The van der Waals surface area contributed by atoms with Crippen LogP contribution in [0.3, 0.4) is 0 Å². The Balaban J connectivity index is 1.60. The quantitative estimate of drug-likeness (QED) is 0.725. The Morgan fingerprint density at radius 3 is 2.46 bits per heavy atom. The number of benzene rings is 2. The van der Waals surface area contributed by atoms with E-state index in [-0.39, 0.29) is 6.10 Å². The van der Waals surface area contributed by atoms with Crippen molar-refractivity contribution in [2.75, 3.05) is 5.32 Å². The molecule has 26 heavy (non-hydrogen) atoms. The van der Waals surface area contributed by atoms with Crippen LogP contribution in [0.25, 0.3) is 22.0 Å². The molecule has 3 aromatic rings. The number of nitrogens with one attached hydrogen (secondary N) is 1. The van der Waals surface area contributed by atoms with Crippen molar-refractivity contribution in [2.45, 2.75) is 51.7 Å². The lowest BCUT2D eigenvalue weighted by molar-refractivity contribution is 0.126. The number of hydrogen-bond acceptors (Lipinski definition) is 4. The number of aryl methyl sites for hydroxylation is 2. The molecule has 1 aromatic heterocycles. The lowest BCUT2D eigenvalue weighted by Gasteiger charge is -2.26. The molecule has 0 amide bonds. The number of fused-ring (bicyclic) bond motifs is 1. The molecule has 2 N–H and O–H groups in total. The zero-order valence-electron chi connectivity index (χ0n) is 15.4. The maximum Gasteiger partial charge on any atom is 0.223 e. The Morgan fingerprint density at radius 1 is 1.00 bits per heavy atom. The summed E-state index contributed by atoms with van der Waals surface area (Å²) < 4.78 is 0. The maximum atomic E-state index is 9.63. The van der Waals surface area contributed by atoms with E-state index in [2.05, 4.69) is 65.5 Å². The number of rotatable bonds is 3. The molecule has 134 valence electrons. The molecule has 0 unspecified atom stereocenters. The summed E-state index contributed by atoms with van der Waals surface area (Å²) >= 11 is 0.